The second-order valence-electron chi connectivity index (χ2n) is 3.64. The SMILES string of the molecule is O=S(=O)(O)c1ccccc1-c1cccc(O)c1O. The van der Waals surface area contributed by atoms with E-state index in [0.29, 0.717) is 0 Å². The molecule has 3 N–H and O–H groups in total. The fourth-order valence-corrected chi connectivity index (χ4v) is 2.37. The molecule has 2 aromatic carbocycles. The molecule has 0 unspecified atom stereocenters. The van der Waals surface area contributed by atoms with Gasteiger partial charge in [0.1, 0.15) is 4.90 Å². The molecule has 5 nitrogen and oxygen atoms in total. The van der Waals surface area contributed by atoms with Gasteiger partial charge in [0.05, 0.1) is 0 Å². The van der Waals surface area contributed by atoms with E-state index in [1.165, 1.54) is 36.4 Å². The number of para-hydroxylation sites is 1. The van der Waals surface area contributed by atoms with Crippen molar-refractivity contribution < 1.29 is 23.2 Å². The number of benzene rings is 2. The lowest BCUT2D eigenvalue weighted by molar-refractivity contribution is 0.405. The van der Waals surface area contributed by atoms with E-state index in [-0.39, 0.29) is 21.8 Å². The van der Waals surface area contributed by atoms with Crippen molar-refractivity contribution in [2.24, 2.45) is 0 Å². The van der Waals surface area contributed by atoms with Crippen molar-refractivity contribution in [1.29, 1.82) is 0 Å². The van der Waals surface area contributed by atoms with Gasteiger partial charge < -0.3 is 10.2 Å². The molecule has 18 heavy (non-hydrogen) atoms. The Morgan fingerprint density at radius 3 is 2.11 bits per heavy atom. The van der Waals surface area contributed by atoms with Crippen LogP contribution in [0.1, 0.15) is 0 Å². The van der Waals surface area contributed by atoms with E-state index in [0.717, 1.165) is 0 Å². The summed E-state index contributed by atoms with van der Waals surface area (Å²) in [6, 6.07) is 9.84. The van der Waals surface area contributed by atoms with Crippen molar-refractivity contribution in [2.45, 2.75) is 4.90 Å². The molecule has 0 saturated heterocycles. The maximum atomic E-state index is 11.2. The van der Waals surface area contributed by atoms with Gasteiger partial charge in [-0.2, -0.15) is 8.42 Å². The van der Waals surface area contributed by atoms with Gasteiger partial charge >= 0.3 is 0 Å². The van der Waals surface area contributed by atoms with Crippen molar-refractivity contribution in [3.05, 3.63) is 42.5 Å². The number of phenolic OH excluding ortho intramolecular Hbond substituents is 2. The van der Waals surface area contributed by atoms with E-state index in [1.807, 2.05) is 0 Å². The van der Waals surface area contributed by atoms with Gasteiger partial charge in [0, 0.05) is 11.1 Å². The smallest absolute Gasteiger partial charge is 0.295 e. The fourth-order valence-electron chi connectivity index (χ4n) is 1.66. The van der Waals surface area contributed by atoms with E-state index in [1.54, 1.807) is 6.07 Å². The maximum absolute atomic E-state index is 11.2. The van der Waals surface area contributed by atoms with Crippen molar-refractivity contribution in [3.63, 3.8) is 0 Å². The molecule has 0 aliphatic heterocycles. The van der Waals surface area contributed by atoms with Crippen LogP contribution in [0.2, 0.25) is 0 Å². The monoisotopic (exact) mass is 266 g/mol. The van der Waals surface area contributed by atoms with Crippen LogP contribution in [0.5, 0.6) is 11.5 Å². The molecule has 2 rings (SSSR count). The third kappa shape index (κ3) is 2.15. The number of hydrogen-bond acceptors (Lipinski definition) is 4. The molecule has 0 aliphatic carbocycles. The molecule has 0 saturated carbocycles. The molecule has 0 atom stereocenters. The van der Waals surface area contributed by atoms with Crippen LogP contribution in [0.15, 0.2) is 47.4 Å². The average molecular weight is 266 g/mol. The van der Waals surface area contributed by atoms with E-state index < -0.39 is 15.9 Å². The molecule has 2 aromatic rings. The molecule has 0 radical (unpaired) electrons. The molecular formula is C12H10O5S. The van der Waals surface area contributed by atoms with Crippen LogP contribution in [-0.2, 0) is 10.1 Å². The number of aromatic hydroxyl groups is 2. The normalized spacial score (nSPS) is 11.4. The van der Waals surface area contributed by atoms with Gasteiger partial charge in [0.2, 0.25) is 0 Å². The number of phenols is 2. The van der Waals surface area contributed by atoms with Gasteiger partial charge in [-0.15, -0.1) is 0 Å². The van der Waals surface area contributed by atoms with Gasteiger partial charge in [-0.1, -0.05) is 30.3 Å². The van der Waals surface area contributed by atoms with E-state index in [2.05, 4.69) is 0 Å². The van der Waals surface area contributed by atoms with Crippen molar-refractivity contribution >= 4 is 10.1 Å². The largest absolute Gasteiger partial charge is 0.504 e. The first kappa shape index (κ1) is 12.4. The molecule has 0 aliphatic rings. The molecule has 0 aromatic heterocycles. The topological polar surface area (TPSA) is 94.8 Å². The summed E-state index contributed by atoms with van der Waals surface area (Å²) in [6.45, 7) is 0. The van der Waals surface area contributed by atoms with Gasteiger partial charge in [0.15, 0.2) is 11.5 Å². The predicted molar refractivity (Wildman–Crippen MR) is 65.0 cm³/mol. The van der Waals surface area contributed by atoms with Crippen LogP contribution < -0.4 is 0 Å². The summed E-state index contributed by atoms with van der Waals surface area (Å²) in [5.74, 6) is -0.800. The lowest BCUT2D eigenvalue weighted by atomic mass is 10.0. The maximum Gasteiger partial charge on any atom is 0.295 e. The molecule has 0 amide bonds. The summed E-state index contributed by atoms with van der Waals surface area (Å²) in [6.07, 6.45) is 0. The minimum atomic E-state index is -4.40. The third-order valence-corrected chi connectivity index (χ3v) is 3.38. The highest BCUT2D eigenvalue weighted by molar-refractivity contribution is 7.86. The Hall–Kier alpha value is -2.05. The highest BCUT2D eigenvalue weighted by atomic mass is 32.2. The first-order chi connectivity index (χ1) is 8.41. The quantitative estimate of drug-likeness (QED) is 0.571. The Morgan fingerprint density at radius 2 is 1.44 bits per heavy atom. The molecule has 0 fully saturated rings. The standard InChI is InChI=1S/C12H10O5S/c13-10-6-3-5-9(12(10)14)8-4-1-2-7-11(8)18(15,16)17/h1-7,13-14H,(H,15,16,17). The van der Waals surface area contributed by atoms with Crippen molar-refractivity contribution in [3.8, 4) is 22.6 Å². The van der Waals surface area contributed by atoms with Crippen LogP contribution in [0.25, 0.3) is 11.1 Å². The highest BCUT2D eigenvalue weighted by Crippen LogP contribution is 2.38. The second-order valence-corrected chi connectivity index (χ2v) is 5.03. The van der Waals surface area contributed by atoms with E-state index in [9.17, 15) is 18.6 Å². The van der Waals surface area contributed by atoms with Crippen LogP contribution in [0, 0.1) is 0 Å². The lowest BCUT2D eigenvalue weighted by Crippen LogP contribution is -2.00. The molecular weight excluding hydrogens is 256 g/mol. The molecule has 0 bridgehead atoms. The Morgan fingerprint density at radius 1 is 0.833 bits per heavy atom. The van der Waals surface area contributed by atoms with Crippen LogP contribution >= 0.6 is 0 Å². The Kier molecular flexibility index (Phi) is 2.98. The first-order valence-electron chi connectivity index (χ1n) is 4.99. The third-order valence-electron chi connectivity index (χ3n) is 2.47. The lowest BCUT2D eigenvalue weighted by Gasteiger charge is -2.09. The summed E-state index contributed by atoms with van der Waals surface area (Å²) in [4.78, 5) is -0.328. The van der Waals surface area contributed by atoms with E-state index >= 15 is 0 Å². The molecule has 0 heterocycles. The summed E-state index contributed by atoms with van der Waals surface area (Å²) < 4.78 is 31.6. The Balaban J connectivity index is 2.77. The van der Waals surface area contributed by atoms with Crippen LogP contribution in [-0.4, -0.2) is 23.2 Å². The zero-order valence-electron chi connectivity index (χ0n) is 9.11. The van der Waals surface area contributed by atoms with Crippen molar-refractivity contribution in [2.75, 3.05) is 0 Å². The fraction of sp³-hybridized carbons (Fsp3) is 0. The zero-order valence-corrected chi connectivity index (χ0v) is 9.92. The number of hydrogen-bond donors (Lipinski definition) is 3. The molecule has 6 heteroatoms. The summed E-state index contributed by atoms with van der Waals surface area (Å²) in [5, 5.41) is 19.1. The molecule has 0 spiro atoms. The second kappa shape index (κ2) is 4.32. The van der Waals surface area contributed by atoms with Gasteiger partial charge in [-0.05, 0) is 12.1 Å². The summed E-state index contributed by atoms with van der Waals surface area (Å²) in [5.41, 5.74) is 0.247. The van der Waals surface area contributed by atoms with E-state index in [4.69, 9.17) is 4.55 Å². The van der Waals surface area contributed by atoms with Crippen LogP contribution in [0.3, 0.4) is 0 Å². The zero-order chi connectivity index (χ0) is 13.3. The Bertz CT molecular complexity index is 691. The average Bonchev–Trinajstić information content (AvgIpc) is 2.32. The molecule has 94 valence electrons. The Labute approximate surface area is 104 Å². The summed E-state index contributed by atoms with van der Waals surface area (Å²) in [7, 11) is -4.40. The van der Waals surface area contributed by atoms with Gasteiger partial charge in [-0.25, -0.2) is 0 Å². The first-order valence-corrected chi connectivity index (χ1v) is 6.43. The minimum Gasteiger partial charge on any atom is -0.504 e. The van der Waals surface area contributed by atoms with Crippen molar-refractivity contribution in [1.82, 2.24) is 0 Å². The van der Waals surface area contributed by atoms with Gasteiger partial charge in [0.25, 0.3) is 10.1 Å². The number of rotatable bonds is 2. The highest BCUT2D eigenvalue weighted by Gasteiger charge is 2.18. The minimum absolute atomic E-state index is 0.119. The predicted octanol–water partition coefficient (Wildman–Crippen LogP) is 2.01. The summed E-state index contributed by atoms with van der Waals surface area (Å²) >= 11 is 0. The van der Waals surface area contributed by atoms with Gasteiger partial charge in [-0.3, -0.25) is 4.55 Å². The van der Waals surface area contributed by atoms with Crippen LogP contribution in [0.4, 0.5) is 0 Å².